The van der Waals surface area contributed by atoms with Crippen LogP contribution in [0.3, 0.4) is 0 Å². The SMILES string of the molecule is BC1CC1(S)NC(CCC)CCCC. The molecule has 3 atom stereocenters. The Morgan fingerprint density at radius 3 is 2.50 bits per heavy atom. The molecule has 1 fully saturated rings. The van der Waals surface area contributed by atoms with Crippen LogP contribution < -0.4 is 5.32 Å². The molecule has 1 nitrogen and oxygen atoms in total. The normalized spacial score (nSPS) is 32.9. The van der Waals surface area contributed by atoms with Gasteiger partial charge in [-0.15, -0.1) is 0 Å². The van der Waals surface area contributed by atoms with Crippen molar-refractivity contribution < 1.29 is 0 Å². The number of unbranched alkanes of at least 4 members (excludes halogenated alkanes) is 1. The Morgan fingerprint density at radius 1 is 1.43 bits per heavy atom. The van der Waals surface area contributed by atoms with Crippen LogP contribution in [0.25, 0.3) is 0 Å². The number of hydrogen-bond acceptors (Lipinski definition) is 2. The smallest absolute Gasteiger partial charge is 0.109 e. The Bertz CT molecular complexity index is 177. The van der Waals surface area contributed by atoms with Gasteiger partial charge in [0.15, 0.2) is 0 Å². The summed E-state index contributed by atoms with van der Waals surface area (Å²) in [6, 6.07) is 0.697. The molecular weight excluding hydrogens is 189 g/mol. The molecule has 14 heavy (non-hydrogen) atoms. The molecule has 0 bridgehead atoms. The van der Waals surface area contributed by atoms with Crippen molar-refractivity contribution in [3.63, 3.8) is 0 Å². The maximum atomic E-state index is 4.70. The van der Waals surface area contributed by atoms with Gasteiger partial charge in [0.1, 0.15) is 7.85 Å². The molecule has 0 aromatic carbocycles. The topological polar surface area (TPSA) is 12.0 Å². The lowest BCUT2D eigenvalue weighted by molar-refractivity contribution is 0.421. The Hall–Kier alpha value is 0.375. The lowest BCUT2D eigenvalue weighted by Gasteiger charge is -2.23. The molecule has 1 rings (SSSR count). The third kappa shape index (κ3) is 3.50. The fourth-order valence-corrected chi connectivity index (χ4v) is 2.51. The Kier molecular flexibility index (Phi) is 4.85. The average molecular weight is 213 g/mol. The zero-order chi connectivity index (χ0) is 10.6. The third-order valence-electron chi connectivity index (χ3n) is 3.27. The lowest BCUT2D eigenvalue weighted by atomic mass is 10.0. The molecule has 1 saturated carbocycles. The summed E-state index contributed by atoms with van der Waals surface area (Å²) in [6.07, 6.45) is 7.78. The van der Waals surface area contributed by atoms with Gasteiger partial charge in [-0.1, -0.05) is 33.1 Å². The first-order valence-electron chi connectivity index (χ1n) is 6.12. The van der Waals surface area contributed by atoms with Crippen LogP contribution in [-0.2, 0) is 0 Å². The van der Waals surface area contributed by atoms with Crippen LogP contribution in [0, 0.1) is 0 Å². The molecule has 1 aliphatic carbocycles. The minimum atomic E-state index is 0.174. The van der Waals surface area contributed by atoms with E-state index in [1.54, 1.807) is 0 Å². The maximum Gasteiger partial charge on any atom is 0.109 e. The predicted molar refractivity (Wildman–Crippen MR) is 70.0 cm³/mol. The van der Waals surface area contributed by atoms with Gasteiger partial charge < -0.3 is 5.32 Å². The van der Waals surface area contributed by atoms with Crippen LogP contribution in [0.15, 0.2) is 0 Å². The van der Waals surface area contributed by atoms with Crippen molar-refractivity contribution in [1.29, 1.82) is 0 Å². The summed E-state index contributed by atoms with van der Waals surface area (Å²) in [4.78, 5) is 0.174. The summed E-state index contributed by atoms with van der Waals surface area (Å²) in [6.45, 7) is 4.53. The summed E-state index contributed by atoms with van der Waals surface area (Å²) in [7, 11) is 2.28. The Labute approximate surface area is 95.2 Å². The summed E-state index contributed by atoms with van der Waals surface area (Å²) < 4.78 is 0. The highest BCUT2D eigenvalue weighted by molar-refractivity contribution is 7.82. The first-order chi connectivity index (χ1) is 6.62. The zero-order valence-corrected chi connectivity index (χ0v) is 10.7. The van der Waals surface area contributed by atoms with Crippen LogP contribution in [0.4, 0.5) is 0 Å². The van der Waals surface area contributed by atoms with Crippen LogP contribution in [0.2, 0.25) is 5.82 Å². The third-order valence-corrected chi connectivity index (χ3v) is 4.02. The monoisotopic (exact) mass is 213 g/mol. The highest BCUT2D eigenvalue weighted by Crippen LogP contribution is 2.50. The lowest BCUT2D eigenvalue weighted by Crippen LogP contribution is -2.37. The van der Waals surface area contributed by atoms with Crippen molar-refractivity contribution in [3.8, 4) is 0 Å². The van der Waals surface area contributed by atoms with Gasteiger partial charge in [0.25, 0.3) is 0 Å². The molecule has 1 N–H and O–H groups in total. The van der Waals surface area contributed by atoms with E-state index in [2.05, 4.69) is 27.0 Å². The fourth-order valence-electron chi connectivity index (χ4n) is 2.05. The average Bonchev–Trinajstić information content (AvgIpc) is 2.70. The number of rotatable bonds is 7. The second-order valence-corrected chi connectivity index (χ2v) is 5.60. The van der Waals surface area contributed by atoms with Crippen molar-refractivity contribution >= 4 is 20.5 Å². The number of nitrogens with one attached hydrogen (secondary N) is 1. The quantitative estimate of drug-likeness (QED) is 0.376. The second kappa shape index (κ2) is 5.46. The molecule has 3 heteroatoms. The first kappa shape index (κ1) is 12.4. The molecule has 0 aromatic heterocycles. The Morgan fingerprint density at radius 2 is 2.07 bits per heavy atom. The summed E-state index contributed by atoms with van der Waals surface area (Å²) >= 11 is 4.70. The minimum Gasteiger partial charge on any atom is -0.301 e. The molecule has 0 spiro atoms. The highest BCUT2D eigenvalue weighted by atomic mass is 32.1. The Balaban J connectivity index is 2.27. The zero-order valence-electron chi connectivity index (χ0n) is 9.84. The van der Waals surface area contributed by atoms with E-state index in [0.717, 1.165) is 5.82 Å². The molecule has 1 aliphatic rings. The maximum absolute atomic E-state index is 4.70. The molecule has 0 saturated heterocycles. The second-order valence-electron chi connectivity index (χ2n) is 4.80. The minimum absolute atomic E-state index is 0.174. The van der Waals surface area contributed by atoms with E-state index < -0.39 is 0 Å². The van der Waals surface area contributed by atoms with E-state index in [0.29, 0.717) is 6.04 Å². The number of hydrogen-bond donors (Lipinski definition) is 2. The highest BCUT2D eigenvalue weighted by Gasteiger charge is 2.48. The molecule has 0 heterocycles. The molecule has 3 unspecified atom stereocenters. The number of thiol groups is 1. The fraction of sp³-hybridized carbons (Fsp3) is 1.00. The van der Waals surface area contributed by atoms with Gasteiger partial charge in [-0.2, -0.15) is 12.6 Å². The summed E-state index contributed by atoms with van der Waals surface area (Å²) in [5.41, 5.74) is 0. The largest absolute Gasteiger partial charge is 0.301 e. The van der Waals surface area contributed by atoms with Gasteiger partial charge in [-0.25, -0.2) is 0 Å². The van der Waals surface area contributed by atoms with Gasteiger partial charge in [-0.05, 0) is 25.1 Å². The van der Waals surface area contributed by atoms with Gasteiger partial charge >= 0.3 is 0 Å². The van der Waals surface area contributed by atoms with Crippen molar-refractivity contribution in [1.82, 2.24) is 5.32 Å². The van der Waals surface area contributed by atoms with E-state index in [4.69, 9.17) is 12.6 Å². The van der Waals surface area contributed by atoms with Crippen LogP contribution >= 0.6 is 12.6 Å². The van der Waals surface area contributed by atoms with Gasteiger partial charge in [-0.3, -0.25) is 0 Å². The standard InChI is InChI=1S/C11H24BNS/c1-3-5-7-9(6-4-2)13-11(14)8-10(11)12/h9-10,13-14H,3-8,12H2,1-2H3. The van der Waals surface area contributed by atoms with Crippen LogP contribution in [0.1, 0.15) is 52.4 Å². The molecule has 0 aliphatic heterocycles. The van der Waals surface area contributed by atoms with Gasteiger partial charge in [0.2, 0.25) is 0 Å². The van der Waals surface area contributed by atoms with Crippen molar-refractivity contribution in [2.45, 2.75) is 69.1 Å². The first-order valence-corrected chi connectivity index (χ1v) is 6.57. The van der Waals surface area contributed by atoms with E-state index in [1.165, 1.54) is 38.5 Å². The van der Waals surface area contributed by atoms with Crippen LogP contribution in [-0.4, -0.2) is 18.8 Å². The summed E-state index contributed by atoms with van der Waals surface area (Å²) in [5.74, 6) is 0.756. The van der Waals surface area contributed by atoms with Gasteiger partial charge in [0.05, 0.1) is 4.87 Å². The molecule has 82 valence electrons. The van der Waals surface area contributed by atoms with Crippen molar-refractivity contribution in [2.75, 3.05) is 0 Å². The van der Waals surface area contributed by atoms with Crippen molar-refractivity contribution in [2.24, 2.45) is 0 Å². The summed E-state index contributed by atoms with van der Waals surface area (Å²) in [5, 5.41) is 3.72. The van der Waals surface area contributed by atoms with E-state index >= 15 is 0 Å². The molecule has 0 radical (unpaired) electrons. The predicted octanol–water partition coefficient (Wildman–Crippen LogP) is 2.39. The van der Waals surface area contributed by atoms with E-state index in [9.17, 15) is 0 Å². The molecule has 0 amide bonds. The van der Waals surface area contributed by atoms with Crippen molar-refractivity contribution in [3.05, 3.63) is 0 Å². The van der Waals surface area contributed by atoms with Crippen LogP contribution in [0.5, 0.6) is 0 Å². The van der Waals surface area contributed by atoms with E-state index in [1.807, 2.05) is 0 Å². The van der Waals surface area contributed by atoms with Gasteiger partial charge in [0, 0.05) is 6.04 Å². The van der Waals surface area contributed by atoms with E-state index in [-0.39, 0.29) is 4.87 Å². The molecular formula is C11H24BNS. The molecule has 0 aromatic rings.